The van der Waals surface area contributed by atoms with Gasteiger partial charge in [-0.1, -0.05) is 13.8 Å². The summed E-state index contributed by atoms with van der Waals surface area (Å²) in [5, 5.41) is 15.6. The predicted molar refractivity (Wildman–Crippen MR) is 78.6 cm³/mol. The monoisotopic (exact) mass is 281 g/mol. The average Bonchev–Trinajstić information content (AvgIpc) is 2.44. The van der Waals surface area contributed by atoms with Gasteiger partial charge in [0.15, 0.2) is 0 Å². The maximum Gasteiger partial charge on any atom is 0.248 e. The third-order valence-corrected chi connectivity index (χ3v) is 2.84. The van der Waals surface area contributed by atoms with Crippen LogP contribution in [0.5, 0.6) is 0 Å². The Hall–Kier alpha value is -1.89. The van der Waals surface area contributed by atoms with Crippen LogP contribution in [-0.4, -0.2) is 40.2 Å². The lowest BCUT2D eigenvalue weighted by Crippen LogP contribution is -2.34. The number of rotatable bonds is 8. The van der Waals surface area contributed by atoms with E-state index in [-0.39, 0.29) is 6.54 Å². The first-order valence-corrected chi connectivity index (χ1v) is 6.82. The lowest BCUT2D eigenvalue weighted by atomic mass is 10.2. The Labute approximate surface area is 119 Å². The summed E-state index contributed by atoms with van der Waals surface area (Å²) in [6, 6.07) is 0. The molecule has 1 rings (SSSR count). The maximum absolute atomic E-state index is 10.8. The van der Waals surface area contributed by atoms with E-state index in [4.69, 9.17) is 5.73 Å². The third kappa shape index (κ3) is 4.34. The number of aliphatic hydroxyl groups is 1. The summed E-state index contributed by atoms with van der Waals surface area (Å²) in [4.78, 5) is 19.6. The lowest BCUT2D eigenvalue weighted by Gasteiger charge is -2.15. The van der Waals surface area contributed by atoms with Gasteiger partial charge >= 0.3 is 0 Å². The molecule has 0 saturated carbocycles. The molecular weight excluding hydrogens is 258 g/mol. The Balaban J connectivity index is 2.90. The number of nitrogens with zero attached hydrogens (tertiary/aromatic N) is 2. The average molecular weight is 281 g/mol. The minimum absolute atomic E-state index is 0.0313. The normalized spacial score (nSPS) is 12.0. The molecule has 0 saturated heterocycles. The first-order chi connectivity index (χ1) is 9.49. The van der Waals surface area contributed by atoms with E-state index in [2.05, 4.69) is 27.5 Å². The van der Waals surface area contributed by atoms with E-state index in [0.29, 0.717) is 18.1 Å². The third-order valence-electron chi connectivity index (χ3n) is 2.84. The van der Waals surface area contributed by atoms with E-state index in [1.54, 1.807) is 0 Å². The van der Waals surface area contributed by atoms with Crippen LogP contribution in [0.2, 0.25) is 0 Å². The summed E-state index contributed by atoms with van der Waals surface area (Å²) in [7, 11) is 0. The van der Waals surface area contributed by atoms with E-state index < -0.39 is 12.0 Å². The first kappa shape index (κ1) is 16.2. The minimum atomic E-state index is -1.23. The number of aryl methyl sites for hydroxylation is 1. The Morgan fingerprint density at radius 1 is 1.30 bits per heavy atom. The number of nitrogens with one attached hydrogen (secondary N) is 2. The highest BCUT2D eigenvalue weighted by Gasteiger charge is 2.14. The Morgan fingerprint density at radius 2 is 1.90 bits per heavy atom. The van der Waals surface area contributed by atoms with Crippen LogP contribution in [0, 0.1) is 6.92 Å². The predicted octanol–water partition coefficient (Wildman–Crippen LogP) is 0.427. The molecule has 0 fully saturated rings. The molecule has 1 heterocycles. The highest BCUT2D eigenvalue weighted by molar-refractivity contribution is 5.79. The van der Waals surface area contributed by atoms with Crippen LogP contribution in [-0.2, 0) is 11.2 Å². The van der Waals surface area contributed by atoms with Crippen LogP contribution in [0.25, 0.3) is 0 Å². The van der Waals surface area contributed by atoms with Gasteiger partial charge < -0.3 is 21.5 Å². The Bertz CT molecular complexity index is 464. The molecule has 7 heteroatoms. The molecule has 0 spiro atoms. The van der Waals surface area contributed by atoms with E-state index in [1.165, 1.54) is 0 Å². The van der Waals surface area contributed by atoms with Crippen molar-refractivity contribution in [2.75, 3.05) is 23.7 Å². The minimum Gasteiger partial charge on any atom is -0.381 e. The first-order valence-electron chi connectivity index (χ1n) is 6.82. The highest BCUT2D eigenvalue weighted by atomic mass is 16.3. The number of aliphatic hydroxyl groups excluding tert-OH is 1. The van der Waals surface area contributed by atoms with Crippen LogP contribution in [0.3, 0.4) is 0 Å². The number of hydrogen-bond donors (Lipinski definition) is 4. The second kappa shape index (κ2) is 7.64. The Kier molecular flexibility index (Phi) is 6.17. The van der Waals surface area contributed by atoms with Gasteiger partial charge in [0.05, 0.1) is 6.54 Å². The van der Waals surface area contributed by atoms with Gasteiger partial charge in [-0.25, -0.2) is 9.97 Å². The zero-order valence-corrected chi connectivity index (χ0v) is 12.2. The van der Waals surface area contributed by atoms with Gasteiger partial charge in [-0.2, -0.15) is 0 Å². The van der Waals surface area contributed by atoms with Crippen LogP contribution in [0.4, 0.5) is 11.6 Å². The van der Waals surface area contributed by atoms with E-state index in [1.807, 2.05) is 13.8 Å². The van der Waals surface area contributed by atoms with Crippen LogP contribution in [0.15, 0.2) is 0 Å². The summed E-state index contributed by atoms with van der Waals surface area (Å²) >= 11 is 0. The second-order valence-electron chi connectivity index (χ2n) is 4.54. The van der Waals surface area contributed by atoms with E-state index >= 15 is 0 Å². The Morgan fingerprint density at radius 3 is 2.40 bits per heavy atom. The molecule has 5 N–H and O–H groups in total. The topological polar surface area (TPSA) is 113 Å². The standard InChI is InChI=1S/C13H23N5O2/c1-4-6-15-12-8(3)13(18-10(5-2)17-12)16-7-9(19)11(14)20/h9,19H,4-7H2,1-3H3,(H2,14,20)(H2,15,16,17,18). The molecule has 0 aliphatic rings. The molecule has 0 aliphatic heterocycles. The number of aromatic nitrogens is 2. The largest absolute Gasteiger partial charge is 0.381 e. The summed E-state index contributed by atoms with van der Waals surface area (Å²) < 4.78 is 0. The molecule has 1 amide bonds. The summed E-state index contributed by atoms with van der Waals surface area (Å²) in [5.74, 6) is 1.32. The highest BCUT2D eigenvalue weighted by Crippen LogP contribution is 2.20. The van der Waals surface area contributed by atoms with Crippen molar-refractivity contribution in [3.05, 3.63) is 11.4 Å². The molecule has 0 aromatic carbocycles. The molecule has 0 aliphatic carbocycles. The molecule has 1 atom stereocenters. The molecule has 1 aromatic heterocycles. The summed E-state index contributed by atoms with van der Waals surface area (Å²) in [6.45, 7) is 6.78. The quantitative estimate of drug-likeness (QED) is 0.549. The van der Waals surface area contributed by atoms with Crippen LogP contribution >= 0.6 is 0 Å². The fourth-order valence-corrected chi connectivity index (χ4v) is 1.60. The van der Waals surface area contributed by atoms with Crippen molar-refractivity contribution in [3.8, 4) is 0 Å². The molecule has 20 heavy (non-hydrogen) atoms. The smallest absolute Gasteiger partial charge is 0.248 e. The summed E-state index contributed by atoms with van der Waals surface area (Å²) in [6.07, 6.45) is 0.462. The van der Waals surface area contributed by atoms with Crippen LogP contribution in [0.1, 0.15) is 31.7 Å². The van der Waals surface area contributed by atoms with Crippen molar-refractivity contribution in [1.29, 1.82) is 0 Å². The fourth-order valence-electron chi connectivity index (χ4n) is 1.60. The van der Waals surface area contributed by atoms with Crippen molar-refractivity contribution >= 4 is 17.5 Å². The van der Waals surface area contributed by atoms with Gasteiger partial charge in [-0.05, 0) is 13.3 Å². The van der Waals surface area contributed by atoms with Gasteiger partial charge in [0.2, 0.25) is 5.91 Å². The number of carbonyl (C=O) groups is 1. The molecule has 1 unspecified atom stereocenters. The van der Waals surface area contributed by atoms with Gasteiger partial charge in [0.25, 0.3) is 0 Å². The zero-order valence-electron chi connectivity index (χ0n) is 12.2. The number of carbonyl (C=O) groups excluding carboxylic acids is 1. The number of nitrogens with two attached hydrogens (primary N) is 1. The van der Waals surface area contributed by atoms with Crippen LogP contribution < -0.4 is 16.4 Å². The van der Waals surface area contributed by atoms with Gasteiger partial charge in [-0.3, -0.25) is 4.79 Å². The van der Waals surface area contributed by atoms with Gasteiger partial charge in [-0.15, -0.1) is 0 Å². The SMILES string of the molecule is CCCNc1nc(CC)nc(NCC(O)C(N)=O)c1C. The number of amides is 1. The van der Waals surface area contributed by atoms with Gasteiger partial charge in [0.1, 0.15) is 23.6 Å². The summed E-state index contributed by atoms with van der Waals surface area (Å²) in [5.41, 5.74) is 5.87. The van der Waals surface area contributed by atoms with E-state index in [9.17, 15) is 9.90 Å². The van der Waals surface area contributed by atoms with Gasteiger partial charge in [0, 0.05) is 18.5 Å². The van der Waals surface area contributed by atoms with Crippen molar-refractivity contribution in [2.45, 2.75) is 39.7 Å². The van der Waals surface area contributed by atoms with Crippen molar-refractivity contribution < 1.29 is 9.90 Å². The molecule has 0 bridgehead atoms. The van der Waals surface area contributed by atoms with Crippen molar-refractivity contribution in [3.63, 3.8) is 0 Å². The second-order valence-corrected chi connectivity index (χ2v) is 4.54. The number of primary amides is 1. The van der Waals surface area contributed by atoms with Crippen molar-refractivity contribution in [1.82, 2.24) is 9.97 Å². The molecule has 7 nitrogen and oxygen atoms in total. The zero-order chi connectivity index (χ0) is 15.1. The van der Waals surface area contributed by atoms with E-state index in [0.717, 1.165) is 24.3 Å². The van der Waals surface area contributed by atoms with Crippen molar-refractivity contribution in [2.24, 2.45) is 5.73 Å². The number of hydrogen-bond acceptors (Lipinski definition) is 6. The molecule has 1 aromatic rings. The number of anilines is 2. The fraction of sp³-hybridized carbons (Fsp3) is 0.615. The maximum atomic E-state index is 10.8. The molecule has 0 radical (unpaired) electrons. The molecule has 112 valence electrons. The lowest BCUT2D eigenvalue weighted by molar-refractivity contribution is -0.125. The molecular formula is C13H23N5O2.